The molecule has 2 saturated heterocycles. The fourth-order valence-corrected chi connectivity index (χ4v) is 5.25. The van der Waals surface area contributed by atoms with Crippen LogP contribution in [0.4, 0.5) is 5.69 Å². The number of thiophene rings is 1. The molecule has 4 rings (SSSR count). The van der Waals surface area contributed by atoms with Gasteiger partial charge in [-0.05, 0) is 36.9 Å². The maximum Gasteiger partial charge on any atom is 0.269 e. The van der Waals surface area contributed by atoms with Crippen molar-refractivity contribution in [2.24, 2.45) is 0 Å². The maximum atomic E-state index is 12.8. The molecule has 2 aromatic rings. The van der Waals surface area contributed by atoms with E-state index in [9.17, 15) is 4.79 Å². The van der Waals surface area contributed by atoms with E-state index in [-0.39, 0.29) is 17.0 Å². The quantitative estimate of drug-likeness (QED) is 0.766. The number of rotatable bonds is 4. The van der Waals surface area contributed by atoms with Crippen molar-refractivity contribution in [1.29, 1.82) is 0 Å². The van der Waals surface area contributed by atoms with Crippen molar-refractivity contribution < 1.29 is 4.74 Å². The summed E-state index contributed by atoms with van der Waals surface area (Å²) in [5.74, 6) is 0. The lowest BCUT2D eigenvalue weighted by Crippen LogP contribution is -2.41. The number of hydrogen-bond donors (Lipinski definition) is 0. The Morgan fingerprint density at radius 2 is 2.00 bits per heavy atom. The zero-order chi connectivity index (χ0) is 20.4. The normalized spacial score (nSPS) is 21.5. The first-order valence-electron chi connectivity index (χ1n) is 10.6. The molecule has 2 aliphatic heterocycles. The molecule has 7 heteroatoms. The molecule has 4 heterocycles. The second kappa shape index (κ2) is 8.58. The Hall–Kier alpha value is -1.70. The van der Waals surface area contributed by atoms with Gasteiger partial charge in [0.05, 0.1) is 31.1 Å². The lowest BCUT2D eigenvalue weighted by molar-refractivity contribution is 0.122. The first kappa shape index (κ1) is 20.6. The Kier molecular flexibility index (Phi) is 6.08. The Labute approximate surface area is 177 Å². The highest BCUT2D eigenvalue weighted by Gasteiger charge is 2.24. The Morgan fingerprint density at radius 1 is 1.21 bits per heavy atom. The Balaban J connectivity index is 1.43. The van der Waals surface area contributed by atoms with Crippen molar-refractivity contribution >= 4 is 17.0 Å². The first-order valence-corrected chi connectivity index (χ1v) is 11.4. The third kappa shape index (κ3) is 4.90. The zero-order valence-electron chi connectivity index (χ0n) is 17.8. The van der Waals surface area contributed by atoms with Gasteiger partial charge in [0.25, 0.3) is 5.56 Å². The summed E-state index contributed by atoms with van der Waals surface area (Å²) in [5, 5.41) is 4.55. The van der Waals surface area contributed by atoms with Gasteiger partial charge >= 0.3 is 0 Å². The zero-order valence-corrected chi connectivity index (χ0v) is 18.6. The standard InChI is InChI=1S/C22H32N4O2S/c1-22(2,3)20-7-6-19(29-20)16-24-8-4-5-17(15-24)26-21(27)13-18(14-23-26)25-9-11-28-12-10-25/h6-7,13-14,17H,4-5,8-12,15-16H2,1-3H3/t17-/m0/s1. The van der Waals surface area contributed by atoms with Crippen LogP contribution in [0, 0.1) is 0 Å². The highest BCUT2D eigenvalue weighted by molar-refractivity contribution is 7.12. The van der Waals surface area contributed by atoms with Crippen LogP contribution < -0.4 is 10.5 Å². The number of morpholine rings is 1. The number of nitrogens with zero attached hydrogens (tertiary/aromatic N) is 4. The highest BCUT2D eigenvalue weighted by atomic mass is 32.1. The van der Waals surface area contributed by atoms with Gasteiger partial charge in [0, 0.05) is 42.0 Å². The minimum Gasteiger partial charge on any atom is -0.378 e. The molecule has 0 aromatic carbocycles. The van der Waals surface area contributed by atoms with E-state index in [4.69, 9.17) is 4.74 Å². The van der Waals surface area contributed by atoms with E-state index in [1.54, 1.807) is 10.7 Å². The summed E-state index contributed by atoms with van der Waals surface area (Å²) >= 11 is 1.91. The molecule has 0 aliphatic carbocycles. The van der Waals surface area contributed by atoms with E-state index >= 15 is 0 Å². The lowest BCUT2D eigenvalue weighted by Gasteiger charge is -2.33. The molecular formula is C22H32N4O2S. The fourth-order valence-electron chi connectivity index (χ4n) is 4.14. The van der Waals surface area contributed by atoms with E-state index in [0.717, 1.165) is 51.3 Å². The summed E-state index contributed by atoms with van der Waals surface area (Å²) in [5.41, 5.74) is 1.12. The highest BCUT2D eigenvalue weighted by Crippen LogP contribution is 2.31. The summed E-state index contributed by atoms with van der Waals surface area (Å²) in [7, 11) is 0. The summed E-state index contributed by atoms with van der Waals surface area (Å²) in [6.45, 7) is 12.8. The van der Waals surface area contributed by atoms with Crippen molar-refractivity contribution in [3.8, 4) is 0 Å². The van der Waals surface area contributed by atoms with Gasteiger partial charge in [0.2, 0.25) is 0 Å². The van der Waals surface area contributed by atoms with Gasteiger partial charge in [0.1, 0.15) is 0 Å². The van der Waals surface area contributed by atoms with Gasteiger partial charge in [-0.25, -0.2) is 4.68 Å². The average molecular weight is 417 g/mol. The minimum atomic E-state index is 0.00647. The van der Waals surface area contributed by atoms with E-state index in [1.165, 1.54) is 9.75 Å². The van der Waals surface area contributed by atoms with E-state index in [2.05, 4.69) is 47.8 Å². The molecule has 0 bridgehead atoms. The van der Waals surface area contributed by atoms with Crippen molar-refractivity contribution in [3.63, 3.8) is 0 Å². The average Bonchev–Trinajstić information content (AvgIpc) is 3.18. The van der Waals surface area contributed by atoms with Gasteiger partial charge in [-0.1, -0.05) is 20.8 Å². The van der Waals surface area contributed by atoms with Crippen LogP contribution in [0.15, 0.2) is 29.2 Å². The molecule has 0 amide bonds. The van der Waals surface area contributed by atoms with Crippen LogP contribution in [0.3, 0.4) is 0 Å². The Morgan fingerprint density at radius 3 is 2.69 bits per heavy atom. The molecule has 0 unspecified atom stereocenters. The number of hydrogen-bond acceptors (Lipinski definition) is 6. The van der Waals surface area contributed by atoms with Crippen molar-refractivity contribution in [3.05, 3.63) is 44.5 Å². The summed E-state index contributed by atoms with van der Waals surface area (Å²) in [4.78, 5) is 20.3. The number of piperidine rings is 1. The minimum absolute atomic E-state index is 0.00647. The number of aromatic nitrogens is 2. The van der Waals surface area contributed by atoms with Crippen LogP contribution in [0.25, 0.3) is 0 Å². The van der Waals surface area contributed by atoms with Gasteiger partial charge in [-0.2, -0.15) is 5.10 Å². The molecule has 1 atom stereocenters. The van der Waals surface area contributed by atoms with Gasteiger partial charge in [-0.3, -0.25) is 9.69 Å². The van der Waals surface area contributed by atoms with Crippen molar-refractivity contribution in [2.45, 2.75) is 51.6 Å². The molecule has 0 spiro atoms. The van der Waals surface area contributed by atoms with Crippen molar-refractivity contribution in [2.75, 3.05) is 44.3 Å². The predicted octanol–water partition coefficient (Wildman–Crippen LogP) is 3.28. The van der Waals surface area contributed by atoms with Crippen LogP contribution in [0.2, 0.25) is 0 Å². The fraction of sp³-hybridized carbons (Fsp3) is 0.636. The number of ether oxygens (including phenoxy) is 1. The molecule has 29 heavy (non-hydrogen) atoms. The first-order chi connectivity index (χ1) is 13.9. The molecule has 0 N–H and O–H groups in total. The second-order valence-corrected chi connectivity index (χ2v) is 10.3. The molecular weight excluding hydrogens is 384 g/mol. The van der Waals surface area contributed by atoms with Crippen LogP contribution >= 0.6 is 11.3 Å². The largest absolute Gasteiger partial charge is 0.378 e. The summed E-state index contributed by atoms with van der Waals surface area (Å²) < 4.78 is 7.10. The van der Waals surface area contributed by atoms with Crippen LogP contribution in [0.5, 0.6) is 0 Å². The molecule has 158 valence electrons. The third-order valence-corrected chi connectivity index (χ3v) is 7.29. The monoisotopic (exact) mass is 416 g/mol. The molecule has 6 nitrogen and oxygen atoms in total. The molecule has 2 fully saturated rings. The van der Waals surface area contributed by atoms with Crippen molar-refractivity contribution in [1.82, 2.24) is 14.7 Å². The molecule has 2 aromatic heterocycles. The smallest absolute Gasteiger partial charge is 0.269 e. The summed E-state index contributed by atoms with van der Waals surface area (Å²) in [6.07, 6.45) is 3.96. The SMILES string of the molecule is CC(C)(C)c1ccc(CN2CCC[C@H](n3ncc(N4CCOCC4)cc3=O)C2)s1. The molecule has 2 aliphatic rings. The maximum absolute atomic E-state index is 12.8. The summed E-state index contributed by atoms with van der Waals surface area (Å²) in [6, 6.07) is 6.41. The Bertz CT molecular complexity index is 879. The lowest BCUT2D eigenvalue weighted by atomic mass is 9.95. The third-order valence-electron chi connectivity index (χ3n) is 5.79. The van der Waals surface area contributed by atoms with Crippen LogP contribution in [0.1, 0.15) is 49.4 Å². The second-order valence-electron chi connectivity index (χ2n) is 9.14. The van der Waals surface area contributed by atoms with E-state index < -0.39 is 0 Å². The topological polar surface area (TPSA) is 50.6 Å². The van der Waals surface area contributed by atoms with Gasteiger partial charge in [0.15, 0.2) is 0 Å². The molecule has 0 radical (unpaired) electrons. The number of anilines is 1. The van der Waals surface area contributed by atoms with E-state index in [0.29, 0.717) is 13.2 Å². The van der Waals surface area contributed by atoms with Gasteiger partial charge in [-0.15, -0.1) is 11.3 Å². The predicted molar refractivity (Wildman–Crippen MR) is 118 cm³/mol. The van der Waals surface area contributed by atoms with E-state index in [1.807, 2.05) is 17.5 Å². The number of likely N-dealkylation sites (tertiary alicyclic amines) is 1. The van der Waals surface area contributed by atoms with Crippen LogP contribution in [-0.4, -0.2) is 54.1 Å². The molecule has 0 saturated carbocycles. The van der Waals surface area contributed by atoms with Gasteiger partial charge < -0.3 is 9.64 Å². The van der Waals surface area contributed by atoms with Crippen LogP contribution in [-0.2, 0) is 16.7 Å².